The lowest BCUT2D eigenvalue weighted by molar-refractivity contribution is 0.424. The topological polar surface area (TPSA) is 49.4 Å². The minimum absolute atomic E-state index is 0.413. The van der Waals surface area contributed by atoms with Gasteiger partial charge in [-0.25, -0.2) is 8.42 Å². The molecule has 2 rings (SSSR count). The van der Waals surface area contributed by atoms with E-state index in [2.05, 4.69) is 12.2 Å². The van der Waals surface area contributed by atoms with Gasteiger partial charge in [-0.1, -0.05) is 39.0 Å². The van der Waals surface area contributed by atoms with Crippen LogP contribution in [0.2, 0.25) is 0 Å². The summed E-state index contributed by atoms with van der Waals surface area (Å²) >= 11 is 0. The van der Waals surface area contributed by atoms with Crippen LogP contribution in [0.25, 0.3) is 0 Å². The third-order valence-electron chi connectivity index (χ3n) is 4.42. The van der Waals surface area contributed by atoms with Crippen LogP contribution in [-0.2, 0) is 10.0 Å². The molecule has 0 atom stereocenters. The van der Waals surface area contributed by atoms with Gasteiger partial charge in [-0.2, -0.15) is 4.31 Å². The van der Waals surface area contributed by atoms with E-state index in [0.717, 1.165) is 44.3 Å². The van der Waals surface area contributed by atoms with E-state index in [1.165, 1.54) is 19.3 Å². The fraction of sp³-hybridized carbons (Fsp3) is 0.667. The van der Waals surface area contributed by atoms with E-state index >= 15 is 0 Å². The van der Waals surface area contributed by atoms with Gasteiger partial charge in [0.25, 0.3) is 0 Å². The highest BCUT2D eigenvalue weighted by Gasteiger charge is 2.24. The Labute approximate surface area is 141 Å². The smallest absolute Gasteiger partial charge is 0.243 e. The maximum atomic E-state index is 12.7. The van der Waals surface area contributed by atoms with Crippen LogP contribution in [0.1, 0.15) is 58.3 Å². The molecule has 1 heterocycles. The number of hydrogen-bond acceptors (Lipinski definition) is 3. The zero-order valence-corrected chi connectivity index (χ0v) is 15.1. The molecule has 0 aliphatic carbocycles. The van der Waals surface area contributed by atoms with Gasteiger partial charge in [-0.15, -0.1) is 0 Å². The average molecular weight is 339 g/mol. The first-order valence-corrected chi connectivity index (χ1v) is 10.4. The lowest BCUT2D eigenvalue weighted by atomic mass is 10.2. The zero-order chi connectivity index (χ0) is 16.5. The van der Waals surface area contributed by atoms with E-state index in [1.54, 1.807) is 16.4 Å². The lowest BCUT2D eigenvalue weighted by Gasteiger charge is -2.20. The molecule has 23 heavy (non-hydrogen) atoms. The molecule has 0 saturated carbocycles. The largest absolute Gasteiger partial charge is 0.385 e. The molecule has 0 radical (unpaired) electrons. The highest BCUT2D eigenvalue weighted by molar-refractivity contribution is 7.89. The van der Waals surface area contributed by atoms with Gasteiger partial charge in [0.05, 0.1) is 4.90 Å². The predicted octanol–water partition coefficient (Wildman–Crippen LogP) is 4.24. The Morgan fingerprint density at radius 2 is 1.61 bits per heavy atom. The van der Waals surface area contributed by atoms with Crippen LogP contribution in [0.4, 0.5) is 5.69 Å². The van der Waals surface area contributed by atoms with E-state index in [4.69, 9.17) is 0 Å². The normalized spacial score (nSPS) is 16.9. The number of unbranched alkanes of at least 4 members (excludes halogenated alkanes) is 3. The molecule has 1 N–H and O–H groups in total. The van der Waals surface area contributed by atoms with Crippen molar-refractivity contribution < 1.29 is 8.42 Å². The molecule has 0 amide bonds. The van der Waals surface area contributed by atoms with Gasteiger partial charge < -0.3 is 5.32 Å². The average Bonchev–Trinajstić information content (AvgIpc) is 2.85. The molecule has 1 fully saturated rings. The Hall–Kier alpha value is -1.07. The van der Waals surface area contributed by atoms with E-state index in [1.807, 2.05) is 12.1 Å². The first-order chi connectivity index (χ1) is 11.1. The van der Waals surface area contributed by atoms with Gasteiger partial charge in [0.15, 0.2) is 0 Å². The van der Waals surface area contributed by atoms with Crippen LogP contribution >= 0.6 is 0 Å². The fourth-order valence-electron chi connectivity index (χ4n) is 2.96. The van der Waals surface area contributed by atoms with Crippen LogP contribution in [-0.4, -0.2) is 32.4 Å². The van der Waals surface area contributed by atoms with E-state index in [-0.39, 0.29) is 0 Å². The highest BCUT2D eigenvalue weighted by Crippen LogP contribution is 2.21. The van der Waals surface area contributed by atoms with Crippen molar-refractivity contribution in [1.82, 2.24) is 4.31 Å². The third kappa shape index (κ3) is 5.50. The first kappa shape index (κ1) is 18.3. The minimum Gasteiger partial charge on any atom is -0.385 e. The van der Waals surface area contributed by atoms with Crippen LogP contribution in [0, 0.1) is 0 Å². The maximum absolute atomic E-state index is 12.7. The van der Waals surface area contributed by atoms with Gasteiger partial charge in [-0.05, 0) is 43.5 Å². The maximum Gasteiger partial charge on any atom is 0.243 e. The summed E-state index contributed by atoms with van der Waals surface area (Å²) in [4.78, 5) is 0.413. The van der Waals surface area contributed by atoms with Crippen molar-refractivity contribution in [2.75, 3.05) is 25.0 Å². The minimum atomic E-state index is -3.33. The van der Waals surface area contributed by atoms with Crippen molar-refractivity contribution >= 4 is 15.7 Å². The van der Waals surface area contributed by atoms with Crippen LogP contribution in [0.3, 0.4) is 0 Å². The molecule has 1 saturated heterocycles. The number of anilines is 1. The van der Waals surface area contributed by atoms with Crippen molar-refractivity contribution in [2.45, 2.75) is 63.2 Å². The second kappa shape index (κ2) is 9.28. The quantitative estimate of drug-likeness (QED) is 0.721. The summed E-state index contributed by atoms with van der Waals surface area (Å²) in [5, 5.41) is 3.36. The van der Waals surface area contributed by atoms with Gasteiger partial charge in [0.2, 0.25) is 10.0 Å². The summed E-state index contributed by atoms with van der Waals surface area (Å²) < 4.78 is 27.0. The van der Waals surface area contributed by atoms with Gasteiger partial charge in [0.1, 0.15) is 0 Å². The second-order valence-electron chi connectivity index (χ2n) is 6.33. The Bertz CT molecular complexity index is 547. The summed E-state index contributed by atoms with van der Waals surface area (Å²) in [7, 11) is -3.33. The van der Waals surface area contributed by atoms with E-state index < -0.39 is 10.0 Å². The summed E-state index contributed by atoms with van der Waals surface area (Å²) in [5.41, 5.74) is 0.997. The molecule has 0 bridgehead atoms. The zero-order valence-electron chi connectivity index (χ0n) is 14.3. The standard InChI is InChI=1S/C18H30N2O2S/c1-2-3-4-7-14-19-17-10-12-18(13-11-17)23(21,22)20-15-8-5-6-9-16-20/h10-13,19H,2-9,14-16H2,1H3. The fourth-order valence-corrected chi connectivity index (χ4v) is 4.48. The van der Waals surface area contributed by atoms with E-state index in [9.17, 15) is 8.42 Å². The first-order valence-electron chi connectivity index (χ1n) is 8.98. The summed E-state index contributed by atoms with van der Waals surface area (Å²) in [6, 6.07) is 7.22. The van der Waals surface area contributed by atoms with E-state index in [0.29, 0.717) is 18.0 Å². The molecule has 0 unspecified atom stereocenters. The van der Waals surface area contributed by atoms with Crippen molar-refractivity contribution in [3.8, 4) is 0 Å². The molecular formula is C18H30N2O2S. The monoisotopic (exact) mass is 338 g/mol. The Morgan fingerprint density at radius 3 is 2.22 bits per heavy atom. The molecule has 130 valence electrons. The summed E-state index contributed by atoms with van der Waals surface area (Å²) in [6.07, 6.45) is 9.11. The van der Waals surface area contributed by atoms with Crippen molar-refractivity contribution in [1.29, 1.82) is 0 Å². The second-order valence-corrected chi connectivity index (χ2v) is 8.27. The summed E-state index contributed by atoms with van der Waals surface area (Å²) in [6.45, 7) is 4.45. The molecule has 4 nitrogen and oxygen atoms in total. The number of nitrogens with zero attached hydrogens (tertiary/aromatic N) is 1. The Morgan fingerprint density at radius 1 is 0.957 bits per heavy atom. The molecule has 0 aromatic heterocycles. The molecule has 1 aromatic rings. The molecule has 1 aliphatic rings. The predicted molar refractivity (Wildman–Crippen MR) is 96.3 cm³/mol. The molecule has 0 spiro atoms. The summed E-state index contributed by atoms with van der Waals surface area (Å²) in [5.74, 6) is 0. The number of sulfonamides is 1. The molecule has 5 heteroatoms. The molecule has 1 aliphatic heterocycles. The Balaban J connectivity index is 1.92. The highest BCUT2D eigenvalue weighted by atomic mass is 32.2. The molecular weight excluding hydrogens is 308 g/mol. The van der Waals surface area contributed by atoms with Crippen LogP contribution in [0.5, 0.6) is 0 Å². The van der Waals surface area contributed by atoms with Crippen LogP contribution < -0.4 is 5.32 Å². The number of hydrogen-bond donors (Lipinski definition) is 1. The van der Waals surface area contributed by atoms with Crippen LogP contribution in [0.15, 0.2) is 29.2 Å². The van der Waals surface area contributed by atoms with Gasteiger partial charge in [-0.3, -0.25) is 0 Å². The SMILES string of the molecule is CCCCCCNc1ccc(S(=O)(=O)N2CCCCCC2)cc1. The molecule has 1 aromatic carbocycles. The van der Waals surface area contributed by atoms with Crippen molar-refractivity contribution in [3.05, 3.63) is 24.3 Å². The number of rotatable bonds is 8. The van der Waals surface area contributed by atoms with Crippen molar-refractivity contribution in [2.24, 2.45) is 0 Å². The number of benzene rings is 1. The third-order valence-corrected chi connectivity index (χ3v) is 6.33. The number of nitrogens with one attached hydrogen (secondary N) is 1. The van der Waals surface area contributed by atoms with Gasteiger partial charge in [0, 0.05) is 25.3 Å². The van der Waals surface area contributed by atoms with Crippen molar-refractivity contribution in [3.63, 3.8) is 0 Å². The lowest BCUT2D eigenvalue weighted by Crippen LogP contribution is -2.31. The Kier molecular flexibility index (Phi) is 7.37. The van der Waals surface area contributed by atoms with Gasteiger partial charge >= 0.3 is 0 Å².